The molecule has 2 N–H and O–H groups in total. The minimum atomic E-state index is 0.775. The van der Waals surface area contributed by atoms with E-state index in [0.717, 1.165) is 30.4 Å². The Bertz CT molecular complexity index is 370. The lowest BCUT2D eigenvalue weighted by atomic mass is 9.94. The second-order valence-electron chi connectivity index (χ2n) is 4.80. The first-order valence-electron chi connectivity index (χ1n) is 6.42. The molecule has 1 aliphatic heterocycles. The predicted octanol–water partition coefficient (Wildman–Crippen LogP) is 2.90. The van der Waals surface area contributed by atoms with Crippen molar-refractivity contribution in [3.05, 3.63) is 18.2 Å². The van der Waals surface area contributed by atoms with Crippen molar-refractivity contribution < 1.29 is 4.74 Å². The summed E-state index contributed by atoms with van der Waals surface area (Å²) in [7, 11) is 1.68. The third kappa shape index (κ3) is 2.84. The third-order valence-electron chi connectivity index (χ3n) is 3.71. The first-order valence-corrected chi connectivity index (χ1v) is 6.42. The fourth-order valence-electron chi connectivity index (χ4n) is 2.51. The van der Waals surface area contributed by atoms with E-state index in [1.165, 1.54) is 24.9 Å². The maximum atomic E-state index is 5.89. The number of methoxy groups -OCH3 is 1. The number of nitrogen functional groups attached to an aromatic ring is 1. The minimum Gasteiger partial charge on any atom is -0.497 e. The van der Waals surface area contributed by atoms with Gasteiger partial charge < -0.3 is 15.4 Å². The van der Waals surface area contributed by atoms with Gasteiger partial charge in [0.05, 0.1) is 7.11 Å². The SMILES string of the molecule is CCC1CCN(c2cc(N)cc(OC)c2)CC1. The lowest BCUT2D eigenvalue weighted by molar-refractivity contribution is 0.393. The normalized spacial score (nSPS) is 17.2. The van der Waals surface area contributed by atoms with Gasteiger partial charge in [-0.1, -0.05) is 13.3 Å². The Kier molecular flexibility index (Phi) is 3.77. The number of benzene rings is 1. The smallest absolute Gasteiger partial charge is 0.122 e. The van der Waals surface area contributed by atoms with E-state index in [9.17, 15) is 0 Å². The summed E-state index contributed by atoms with van der Waals surface area (Å²) >= 11 is 0. The maximum Gasteiger partial charge on any atom is 0.122 e. The third-order valence-corrected chi connectivity index (χ3v) is 3.71. The quantitative estimate of drug-likeness (QED) is 0.817. The molecule has 94 valence electrons. The number of nitrogens with zero attached hydrogens (tertiary/aromatic N) is 1. The Hall–Kier alpha value is -1.38. The maximum absolute atomic E-state index is 5.89. The molecule has 0 spiro atoms. The Labute approximate surface area is 104 Å². The highest BCUT2D eigenvalue weighted by Gasteiger charge is 2.18. The van der Waals surface area contributed by atoms with Crippen LogP contribution in [-0.4, -0.2) is 20.2 Å². The molecule has 0 amide bonds. The molecular weight excluding hydrogens is 212 g/mol. The van der Waals surface area contributed by atoms with Crippen LogP contribution in [0.4, 0.5) is 11.4 Å². The van der Waals surface area contributed by atoms with Crippen molar-refractivity contribution in [3.8, 4) is 5.75 Å². The standard InChI is InChI=1S/C14H22N2O/c1-3-11-4-6-16(7-5-11)13-8-12(15)9-14(10-13)17-2/h8-11H,3-7,15H2,1-2H3. The van der Waals surface area contributed by atoms with E-state index in [4.69, 9.17) is 10.5 Å². The number of piperidine rings is 1. The van der Waals surface area contributed by atoms with E-state index in [0.29, 0.717) is 0 Å². The first-order chi connectivity index (χ1) is 8.22. The number of nitrogens with two attached hydrogens (primary N) is 1. The molecular formula is C14H22N2O. The summed E-state index contributed by atoms with van der Waals surface area (Å²) < 4.78 is 5.26. The topological polar surface area (TPSA) is 38.5 Å². The van der Waals surface area contributed by atoms with Crippen LogP contribution in [0.1, 0.15) is 26.2 Å². The summed E-state index contributed by atoms with van der Waals surface area (Å²) in [5, 5.41) is 0. The second kappa shape index (κ2) is 5.30. The van der Waals surface area contributed by atoms with Gasteiger partial charge in [-0.2, -0.15) is 0 Å². The van der Waals surface area contributed by atoms with Crippen LogP contribution < -0.4 is 15.4 Å². The van der Waals surface area contributed by atoms with E-state index in [1.54, 1.807) is 7.11 Å². The zero-order valence-corrected chi connectivity index (χ0v) is 10.8. The van der Waals surface area contributed by atoms with Crippen molar-refractivity contribution in [1.82, 2.24) is 0 Å². The number of ether oxygens (including phenoxy) is 1. The molecule has 0 atom stereocenters. The zero-order chi connectivity index (χ0) is 12.3. The predicted molar refractivity (Wildman–Crippen MR) is 72.6 cm³/mol. The van der Waals surface area contributed by atoms with Crippen molar-refractivity contribution in [2.75, 3.05) is 30.8 Å². The average Bonchev–Trinajstić information content (AvgIpc) is 2.38. The molecule has 0 radical (unpaired) electrons. The van der Waals surface area contributed by atoms with Crippen LogP contribution in [0.3, 0.4) is 0 Å². The molecule has 1 aromatic rings. The number of hydrogen-bond donors (Lipinski definition) is 1. The number of rotatable bonds is 3. The summed E-state index contributed by atoms with van der Waals surface area (Å²) in [4.78, 5) is 2.41. The molecule has 0 bridgehead atoms. The monoisotopic (exact) mass is 234 g/mol. The summed E-state index contributed by atoms with van der Waals surface area (Å²) in [6.07, 6.45) is 3.87. The van der Waals surface area contributed by atoms with Crippen LogP contribution in [0.25, 0.3) is 0 Å². The number of anilines is 2. The van der Waals surface area contributed by atoms with E-state index in [1.807, 2.05) is 12.1 Å². The Morgan fingerprint density at radius 3 is 2.59 bits per heavy atom. The molecule has 1 aromatic carbocycles. The molecule has 0 saturated carbocycles. The largest absolute Gasteiger partial charge is 0.497 e. The van der Waals surface area contributed by atoms with Crippen LogP contribution in [0, 0.1) is 5.92 Å². The van der Waals surface area contributed by atoms with Gasteiger partial charge in [0.2, 0.25) is 0 Å². The van der Waals surface area contributed by atoms with Gasteiger partial charge in [-0.3, -0.25) is 0 Å². The fraction of sp³-hybridized carbons (Fsp3) is 0.571. The van der Waals surface area contributed by atoms with Gasteiger partial charge >= 0.3 is 0 Å². The van der Waals surface area contributed by atoms with Gasteiger partial charge in [0.15, 0.2) is 0 Å². The lowest BCUT2D eigenvalue weighted by Crippen LogP contribution is -2.33. The Morgan fingerprint density at radius 2 is 2.00 bits per heavy atom. The molecule has 1 aliphatic rings. The summed E-state index contributed by atoms with van der Waals surface area (Å²) in [6, 6.07) is 5.97. The van der Waals surface area contributed by atoms with E-state index in [-0.39, 0.29) is 0 Å². The molecule has 0 unspecified atom stereocenters. The van der Waals surface area contributed by atoms with Gasteiger partial charge in [-0.15, -0.1) is 0 Å². The summed E-state index contributed by atoms with van der Waals surface area (Å²) in [5.41, 5.74) is 7.85. The van der Waals surface area contributed by atoms with Gasteiger partial charge in [0.25, 0.3) is 0 Å². The molecule has 2 rings (SSSR count). The molecule has 17 heavy (non-hydrogen) atoms. The molecule has 1 fully saturated rings. The van der Waals surface area contributed by atoms with Crippen LogP contribution in [0.15, 0.2) is 18.2 Å². The molecule has 0 aromatic heterocycles. The van der Waals surface area contributed by atoms with Crippen LogP contribution >= 0.6 is 0 Å². The lowest BCUT2D eigenvalue weighted by Gasteiger charge is -2.33. The highest BCUT2D eigenvalue weighted by Crippen LogP contribution is 2.29. The molecule has 1 saturated heterocycles. The van der Waals surface area contributed by atoms with Gasteiger partial charge in [0, 0.05) is 36.6 Å². The highest BCUT2D eigenvalue weighted by atomic mass is 16.5. The second-order valence-corrected chi connectivity index (χ2v) is 4.80. The first kappa shape index (κ1) is 12.1. The zero-order valence-electron chi connectivity index (χ0n) is 10.8. The van der Waals surface area contributed by atoms with E-state index < -0.39 is 0 Å². The van der Waals surface area contributed by atoms with Crippen LogP contribution in [-0.2, 0) is 0 Å². The summed E-state index contributed by atoms with van der Waals surface area (Å²) in [6.45, 7) is 4.54. The molecule has 3 nitrogen and oxygen atoms in total. The van der Waals surface area contributed by atoms with Crippen molar-refractivity contribution in [1.29, 1.82) is 0 Å². The van der Waals surface area contributed by atoms with Crippen molar-refractivity contribution >= 4 is 11.4 Å². The van der Waals surface area contributed by atoms with E-state index in [2.05, 4.69) is 17.9 Å². The summed E-state index contributed by atoms with van der Waals surface area (Å²) in [5.74, 6) is 1.74. The Morgan fingerprint density at radius 1 is 1.29 bits per heavy atom. The van der Waals surface area contributed by atoms with Crippen molar-refractivity contribution in [2.24, 2.45) is 5.92 Å². The van der Waals surface area contributed by atoms with Crippen LogP contribution in [0.2, 0.25) is 0 Å². The molecule has 3 heteroatoms. The minimum absolute atomic E-state index is 0.775. The molecule has 0 aliphatic carbocycles. The highest BCUT2D eigenvalue weighted by molar-refractivity contribution is 5.60. The fourth-order valence-corrected chi connectivity index (χ4v) is 2.51. The van der Waals surface area contributed by atoms with Crippen LogP contribution in [0.5, 0.6) is 5.75 Å². The van der Waals surface area contributed by atoms with Crippen molar-refractivity contribution in [2.45, 2.75) is 26.2 Å². The Balaban J connectivity index is 2.10. The van der Waals surface area contributed by atoms with E-state index >= 15 is 0 Å². The average molecular weight is 234 g/mol. The molecule has 1 heterocycles. The van der Waals surface area contributed by atoms with Gasteiger partial charge in [0.1, 0.15) is 5.75 Å². The van der Waals surface area contributed by atoms with Crippen molar-refractivity contribution in [3.63, 3.8) is 0 Å². The van der Waals surface area contributed by atoms with Gasteiger partial charge in [-0.05, 0) is 24.8 Å². The number of hydrogen-bond acceptors (Lipinski definition) is 3. The van der Waals surface area contributed by atoms with Gasteiger partial charge in [-0.25, -0.2) is 0 Å².